The quantitative estimate of drug-likeness (QED) is 0.880. The summed E-state index contributed by atoms with van der Waals surface area (Å²) in [6, 6.07) is 8.44. The molecule has 1 fully saturated rings. The van der Waals surface area contributed by atoms with Crippen LogP contribution in [0.15, 0.2) is 24.3 Å². The smallest absolute Gasteiger partial charge is 0.119 e. The van der Waals surface area contributed by atoms with Crippen molar-refractivity contribution in [3.63, 3.8) is 0 Å². The van der Waals surface area contributed by atoms with E-state index in [2.05, 4.69) is 42.3 Å². The van der Waals surface area contributed by atoms with Crippen molar-refractivity contribution in [3.05, 3.63) is 29.8 Å². The van der Waals surface area contributed by atoms with Gasteiger partial charge in [0.1, 0.15) is 5.75 Å². The summed E-state index contributed by atoms with van der Waals surface area (Å²) in [5.74, 6) is 0.945. The number of hydrogen-bond acceptors (Lipinski definition) is 3. The van der Waals surface area contributed by atoms with Crippen molar-refractivity contribution in [2.45, 2.75) is 19.3 Å². The molecule has 0 saturated carbocycles. The van der Waals surface area contributed by atoms with Crippen LogP contribution in [0, 0.1) is 0 Å². The summed E-state index contributed by atoms with van der Waals surface area (Å²) in [6.45, 7) is 10.2. The molecular weight excluding hydrogens is 224 g/mol. The summed E-state index contributed by atoms with van der Waals surface area (Å²) >= 11 is 0. The van der Waals surface area contributed by atoms with E-state index < -0.39 is 0 Å². The molecular formula is C15H24N2O. The van der Waals surface area contributed by atoms with Crippen LogP contribution in [0.3, 0.4) is 0 Å². The summed E-state index contributed by atoms with van der Waals surface area (Å²) in [5, 5.41) is 3.40. The van der Waals surface area contributed by atoms with Crippen LogP contribution >= 0.6 is 0 Å². The Morgan fingerprint density at radius 2 is 2.00 bits per heavy atom. The van der Waals surface area contributed by atoms with Gasteiger partial charge in [0.2, 0.25) is 0 Å². The number of piperazine rings is 1. The summed E-state index contributed by atoms with van der Waals surface area (Å²) in [6.07, 6.45) is 0. The average Bonchev–Trinajstić information content (AvgIpc) is 2.39. The summed E-state index contributed by atoms with van der Waals surface area (Å²) in [4.78, 5) is 2.54. The minimum Gasteiger partial charge on any atom is -0.497 e. The zero-order valence-electron chi connectivity index (χ0n) is 11.7. The first-order valence-electron chi connectivity index (χ1n) is 6.69. The number of methoxy groups -OCH3 is 1. The molecule has 0 aromatic heterocycles. The second kappa shape index (κ2) is 5.72. The van der Waals surface area contributed by atoms with E-state index in [1.54, 1.807) is 7.11 Å². The highest BCUT2D eigenvalue weighted by atomic mass is 16.5. The van der Waals surface area contributed by atoms with Crippen LogP contribution in [-0.2, 0) is 5.41 Å². The normalized spacial score (nSPS) is 17.7. The van der Waals surface area contributed by atoms with Gasteiger partial charge in [0.25, 0.3) is 0 Å². The first-order valence-corrected chi connectivity index (χ1v) is 6.69. The van der Waals surface area contributed by atoms with Crippen molar-refractivity contribution in [3.8, 4) is 5.75 Å². The maximum Gasteiger partial charge on any atom is 0.119 e. The average molecular weight is 248 g/mol. The molecule has 100 valence electrons. The molecule has 0 amide bonds. The molecule has 0 aliphatic carbocycles. The van der Waals surface area contributed by atoms with Gasteiger partial charge in [0.05, 0.1) is 7.11 Å². The molecule has 0 bridgehead atoms. The van der Waals surface area contributed by atoms with Crippen molar-refractivity contribution >= 4 is 0 Å². The van der Waals surface area contributed by atoms with Crippen LogP contribution in [-0.4, -0.2) is 44.7 Å². The Balaban J connectivity index is 2.08. The lowest BCUT2D eigenvalue weighted by Gasteiger charge is -2.35. The highest BCUT2D eigenvalue weighted by molar-refractivity contribution is 5.33. The van der Waals surface area contributed by atoms with E-state index in [1.165, 1.54) is 5.56 Å². The van der Waals surface area contributed by atoms with Crippen molar-refractivity contribution < 1.29 is 4.74 Å². The number of nitrogens with zero attached hydrogens (tertiary/aromatic N) is 1. The van der Waals surface area contributed by atoms with Gasteiger partial charge in [-0.05, 0) is 17.7 Å². The van der Waals surface area contributed by atoms with Gasteiger partial charge in [-0.2, -0.15) is 0 Å². The van der Waals surface area contributed by atoms with E-state index in [9.17, 15) is 0 Å². The van der Waals surface area contributed by atoms with Crippen LogP contribution in [0.5, 0.6) is 5.75 Å². The molecule has 0 spiro atoms. The van der Waals surface area contributed by atoms with E-state index in [1.807, 2.05) is 6.07 Å². The predicted molar refractivity (Wildman–Crippen MR) is 75.3 cm³/mol. The Labute approximate surface area is 110 Å². The van der Waals surface area contributed by atoms with E-state index >= 15 is 0 Å². The molecule has 1 heterocycles. The van der Waals surface area contributed by atoms with Gasteiger partial charge in [0.15, 0.2) is 0 Å². The van der Waals surface area contributed by atoms with Crippen LogP contribution in [0.1, 0.15) is 19.4 Å². The van der Waals surface area contributed by atoms with Crippen molar-refractivity contribution in [2.75, 3.05) is 39.8 Å². The first-order chi connectivity index (χ1) is 8.62. The molecule has 3 nitrogen and oxygen atoms in total. The third kappa shape index (κ3) is 3.24. The summed E-state index contributed by atoms with van der Waals surface area (Å²) in [5.41, 5.74) is 1.51. The lowest BCUT2D eigenvalue weighted by Crippen LogP contribution is -2.47. The summed E-state index contributed by atoms with van der Waals surface area (Å²) in [7, 11) is 1.72. The van der Waals surface area contributed by atoms with Crippen LogP contribution in [0.25, 0.3) is 0 Å². The Morgan fingerprint density at radius 1 is 1.28 bits per heavy atom. The lowest BCUT2D eigenvalue weighted by atomic mass is 9.84. The number of ether oxygens (including phenoxy) is 1. The number of benzene rings is 1. The molecule has 1 aromatic carbocycles. The molecule has 0 unspecified atom stereocenters. The molecule has 1 aliphatic rings. The van der Waals surface area contributed by atoms with Crippen molar-refractivity contribution in [1.29, 1.82) is 0 Å². The number of nitrogens with one attached hydrogen (secondary N) is 1. The van der Waals surface area contributed by atoms with Gasteiger partial charge in [-0.3, -0.25) is 4.90 Å². The monoisotopic (exact) mass is 248 g/mol. The van der Waals surface area contributed by atoms with Gasteiger partial charge in [-0.15, -0.1) is 0 Å². The highest BCUT2D eigenvalue weighted by Crippen LogP contribution is 2.27. The molecule has 1 saturated heterocycles. The maximum absolute atomic E-state index is 5.32. The standard InChI is InChI=1S/C15H24N2O/c1-15(2,12-17-9-7-16-8-10-17)13-5-4-6-14(11-13)18-3/h4-6,11,16H,7-10,12H2,1-3H3. The van der Waals surface area contributed by atoms with Crippen molar-refractivity contribution in [2.24, 2.45) is 0 Å². The molecule has 0 radical (unpaired) electrons. The van der Waals surface area contributed by atoms with Crippen molar-refractivity contribution in [1.82, 2.24) is 10.2 Å². The fraction of sp³-hybridized carbons (Fsp3) is 0.600. The molecule has 1 aromatic rings. The second-order valence-electron chi connectivity index (χ2n) is 5.64. The predicted octanol–water partition coefficient (Wildman–Crippen LogP) is 1.88. The minimum atomic E-state index is 0.159. The number of rotatable bonds is 4. The van der Waals surface area contributed by atoms with E-state index in [4.69, 9.17) is 4.74 Å². The van der Waals surface area contributed by atoms with Crippen LogP contribution in [0.2, 0.25) is 0 Å². The third-order valence-electron chi connectivity index (χ3n) is 3.68. The Kier molecular flexibility index (Phi) is 4.25. The SMILES string of the molecule is COc1cccc(C(C)(C)CN2CCNCC2)c1. The van der Waals surface area contributed by atoms with Gasteiger partial charge in [0, 0.05) is 38.1 Å². The third-order valence-corrected chi connectivity index (χ3v) is 3.68. The molecule has 0 atom stereocenters. The first kappa shape index (κ1) is 13.4. The zero-order valence-corrected chi connectivity index (χ0v) is 11.7. The van der Waals surface area contributed by atoms with Crippen LogP contribution in [0.4, 0.5) is 0 Å². The Bertz CT molecular complexity index is 384. The van der Waals surface area contributed by atoms with Crippen LogP contribution < -0.4 is 10.1 Å². The van der Waals surface area contributed by atoms with Gasteiger partial charge in [-0.25, -0.2) is 0 Å². The topological polar surface area (TPSA) is 24.5 Å². The fourth-order valence-corrected chi connectivity index (χ4v) is 2.56. The highest BCUT2D eigenvalue weighted by Gasteiger charge is 2.25. The number of hydrogen-bond donors (Lipinski definition) is 1. The molecule has 3 heteroatoms. The minimum absolute atomic E-state index is 0.159. The molecule has 2 rings (SSSR count). The fourth-order valence-electron chi connectivity index (χ4n) is 2.56. The van der Waals surface area contributed by atoms with E-state index in [-0.39, 0.29) is 5.41 Å². The second-order valence-corrected chi connectivity index (χ2v) is 5.64. The largest absolute Gasteiger partial charge is 0.497 e. The summed E-state index contributed by atoms with van der Waals surface area (Å²) < 4.78 is 5.32. The Hall–Kier alpha value is -1.06. The van der Waals surface area contributed by atoms with Gasteiger partial charge in [-0.1, -0.05) is 26.0 Å². The van der Waals surface area contributed by atoms with E-state index in [0.717, 1.165) is 38.5 Å². The van der Waals surface area contributed by atoms with Gasteiger partial charge >= 0.3 is 0 Å². The zero-order chi connectivity index (χ0) is 13.0. The molecule has 1 aliphatic heterocycles. The lowest BCUT2D eigenvalue weighted by molar-refractivity contribution is 0.200. The molecule has 1 N–H and O–H groups in total. The Morgan fingerprint density at radius 3 is 2.67 bits per heavy atom. The maximum atomic E-state index is 5.32. The van der Waals surface area contributed by atoms with Gasteiger partial charge < -0.3 is 10.1 Å². The van der Waals surface area contributed by atoms with E-state index in [0.29, 0.717) is 0 Å². The molecule has 18 heavy (non-hydrogen) atoms.